The van der Waals surface area contributed by atoms with E-state index in [1.807, 2.05) is 41.5 Å². The van der Waals surface area contributed by atoms with Crippen LogP contribution in [-0.2, 0) is 10.8 Å². The first-order valence-electron chi connectivity index (χ1n) is 6.13. The van der Waals surface area contributed by atoms with Gasteiger partial charge in [-0.1, -0.05) is 41.5 Å². The molecule has 0 heterocycles. The van der Waals surface area contributed by atoms with Crippen molar-refractivity contribution in [2.75, 3.05) is 0 Å². The van der Waals surface area contributed by atoms with Crippen LogP contribution in [0.15, 0.2) is 12.1 Å². The Morgan fingerprint density at radius 2 is 1.35 bits per heavy atom. The molecule has 0 fully saturated rings. The summed E-state index contributed by atoms with van der Waals surface area (Å²) in [5, 5.41) is 10.1. The quantitative estimate of drug-likeness (QED) is 0.823. The number of carbonyl (C=O) groups is 1. The molecule has 1 rings (SSSR count). The second-order valence-electron chi connectivity index (χ2n) is 6.75. The van der Waals surface area contributed by atoms with E-state index in [1.54, 1.807) is 12.1 Å². The van der Waals surface area contributed by atoms with E-state index in [1.165, 1.54) is 0 Å². The molecule has 0 bridgehead atoms. The third kappa shape index (κ3) is 4.29. The van der Waals surface area contributed by atoms with Gasteiger partial charge in [0, 0.05) is 11.1 Å². The van der Waals surface area contributed by atoms with E-state index in [-0.39, 0.29) is 41.4 Å². The zero-order valence-corrected chi connectivity index (χ0v) is 14.5. The molecular formula is C15H25Cl2NO2. The standard InChI is InChI=1S/C15H23NO2.2ClH/c1-14(2,3)11-9(13(16)18)7-8-10(17)12(11)15(4,5)6;;/h7-8,17H,1-6H3,(H2,16,18);2*1H. The summed E-state index contributed by atoms with van der Waals surface area (Å²) in [5.41, 5.74) is 7.07. The molecule has 1 aromatic rings. The number of benzene rings is 1. The highest BCUT2D eigenvalue weighted by atomic mass is 35.5. The summed E-state index contributed by atoms with van der Waals surface area (Å²) in [5.74, 6) is -0.233. The van der Waals surface area contributed by atoms with Crippen LogP contribution in [0.25, 0.3) is 0 Å². The molecule has 3 nitrogen and oxygen atoms in total. The van der Waals surface area contributed by atoms with Crippen molar-refractivity contribution < 1.29 is 9.90 Å². The minimum absolute atomic E-state index is 0. The average Bonchev–Trinajstić information content (AvgIpc) is 2.13. The zero-order chi connectivity index (χ0) is 14.3. The van der Waals surface area contributed by atoms with Crippen molar-refractivity contribution >= 4 is 30.7 Å². The molecule has 0 aliphatic carbocycles. The zero-order valence-electron chi connectivity index (χ0n) is 12.9. The molecule has 0 radical (unpaired) electrons. The summed E-state index contributed by atoms with van der Waals surface area (Å²) in [6.07, 6.45) is 0. The van der Waals surface area contributed by atoms with Crippen molar-refractivity contribution in [3.8, 4) is 5.75 Å². The summed E-state index contributed by atoms with van der Waals surface area (Å²) in [4.78, 5) is 11.6. The molecule has 0 spiro atoms. The summed E-state index contributed by atoms with van der Waals surface area (Å²) in [7, 11) is 0. The lowest BCUT2D eigenvalue weighted by atomic mass is 9.72. The van der Waals surface area contributed by atoms with Crippen molar-refractivity contribution in [1.82, 2.24) is 0 Å². The first-order chi connectivity index (χ1) is 7.96. The normalized spacial score (nSPS) is 11.3. The van der Waals surface area contributed by atoms with Gasteiger partial charge in [-0.25, -0.2) is 0 Å². The second kappa shape index (κ2) is 6.68. The lowest BCUT2D eigenvalue weighted by molar-refractivity contribution is 0.0998. The number of nitrogens with two attached hydrogens (primary N) is 1. The van der Waals surface area contributed by atoms with Crippen LogP contribution in [0.4, 0.5) is 0 Å². The number of hydrogen-bond acceptors (Lipinski definition) is 2. The van der Waals surface area contributed by atoms with Gasteiger partial charge in [0.05, 0.1) is 0 Å². The number of phenolic OH excluding ortho intramolecular Hbond substituents is 1. The summed E-state index contributed by atoms with van der Waals surface area (Å²) < 4.78 is 0. The summed E-state index contributed by atoms with van der Waals surface area (Å²) in [6, 6.07) is 3.16. The highest BCUT2D eigenvalue weighted by Gasteiger charge is 2.31. The first kappa shape index (κ1) is 21.4. The lowest BCUT2D eigenvalue weighted by Gasteiger charge is -2.32. The number of halogens is 2. The van der Waals surface area contributed by atoms with E-state index >= 15 is 0 Å². The fourth-order valence-corrected chi connectivity index (χ4v) is 2.34. The highest BCUT2D eigenvalue weighted by Crippen LogP contribution is 2.41. The van der Waals surface area contributed by atoms with Crippen LogP contribution in [0.1, 0.15) is 63.0 Å². The number of primary amides is 1. The van der Waals surface area contributed by atoms with Crippen molar-refractivity contribution in [3.63, 3.8) is 0 Å². The summed E-state index contributed by atoms with van der Waals surface area (Å²) >= 11 is 0. The Morgan fingerprint density at radius 3 is 1.65 bits per heavy atom. The second-order valence-corrected chi connectivity index (χ2v) is 6.75. The molecule has 0 atom stereocenters. The summed E-state index contributed by atoms with van der Waals surface area (Å²) in [6.45, 7) is 12.1. The molecule has 20 heavy (non-hydrogen) atoms. The first-order valence-corrected chi connectivity index (χ1v) is 6.13. The topological polar surface area (TPSA) is 63.3 Å². The van der Waals surface area contributed by atoms with Gasteiger partial charge in [-0.05, 0) is 28.5 Å². The molecule has 116 valence electrons. The van der Waals surface area contributed by atoms with Gasteiger partial charge in [0.2, 0.25) is 5.91 Å². The SMILES string of the molecule is CC(C)(C)c1c(O)ccc(C(N)=O)c1C(C)(C)C.Cl.Cl. The molecule has 0 aromatic heterocycles. The Kier molecular flexibility index (Phi) is 7.14. The fraction of sp³-hybridized carbons (Fsp3) is 0.533. The lowest BCUT2D eigenvalue weighted by Crippen LogP contribution is -2.27. The van der Waals surface area contributed by atoms with Gasteiger partial charge in [-0.15, -0.1) is 24.8 Å². The van der Waals surface area contributed by atoms with Gasteiger partial charge >= 0.3 is 0 Å². The monoisotopic (exact) mass is 321 g/mol. The van der Waals surface area contributed by atoms with Crippen LogP contribution in [0, 0.1) is 0 Å². The molecule has 1 aromatic carbocycles. The Hall–Kier alpha value is -0.930. The van der Waals surface area contributed by atoms with Gasteiger partial charge in [0.1, 0.15) is 5.75 Å². The van der Waals surface area contributed by atoms with Gasteiger partial charge in [-0.2, -0.15) is 0 Å². The molecule has 1 amide bonds. The Morgan fingerprint density at radius 1 is 0.950 bits per heavy atom. The molecular weight excluding hydrogens is 297 g/mol. The Balaban J connectivity index is 0. The number of rotatable bonds is 1. The Bertz CT molecular complexity index is 486. The molecule has 0 saturated heterocycles. The molecule has 0 unspecified atom stereocenters. The minimum Gasteiger partial charge on any atom is -0.508 e. The Labute approximate surface area is 133 Å². The number of hydrogen-bond donors (Lipinski definition) is 2. The number of phenols is 1. The predicted molar refractivity (Wildman–Crippen MR) is 88.5 cm³/mol. The molecule has 0 aliphatic heterocycles. The maximum atomic E-state index is 11.6. The predicted octanol–water partition coefficient (Wildman–Crippen LogP) is 3.93. The highest BCUT2D eigenvalue weighted by molar-refractivity contribution is 5.95. The largest absolute Gasteiger partial charge is 0.508 e. The smallest absolute Gasteiger partial charge is 0.249 e. The molecule has 5 heteroatoms. The van der Waals surface area contributed by atoms with Crippen LogP contribution in [-0.4, -0.2) is 11.0 Å². The van der Waals surface area contributed by atoms with Crippen molar-refractivity contribution in [3.05, 3.63) is 28.8 Å². The third-order valence-corrected chi connectivity index (χ3v) is 2.95. The van der Waals surface area contributed by atoms with E-state index in [4.69, 9.17) is 5.73 Å². The number of aromatic hydroxyl groups is 1. The van der Waals surface area contributed by atoms with E-state index in [2.05, 4.69) is 0 Å². The van der Waals surface area contributed by atoms with Gasteiger partial charge in [0.25, 0.3) is 0 Å². The van der Waals surface area contributed by atoms with Gasteiger partial charge in [0.15, 0.2) is 0 Å². The van der Waals surface area contributed by atoms with Crippen LogP contribution in [0.2, 0.25) is 0 Å². The van der Waals surface area contributed by atoms with Crippen LogP contribution < -0.4 is 5.73 Å². The van der Waals surface area contributed by atoms with E-state index in [0.29, 0.717) is 5.56 Å². The van der Waals surface area contributed by atoms with Crippen LogP contribution in [0.5, 0.6) is 5.75 Å². The number of amides is 1. The van der Waals surface area contributed by atoms with Crippen LogP contribution in [0.3, 0.4) is 0 Å². The van der Waals surface area contributed by atoms with E-state index < -0.39 is 5.91 Å². The maximum absolute atomic E-state index is 11.6. The van der Waals surface area contributed by atoms with Gasteiger partial charge < -0.3 is 10.8 Å². The molecule has 3 N–H and O–H groups in total. The van der Waals surface area contributed by atoms with Gasteiger partial charge in [-0.3, -0.25) is 4.79 Å². The third-order valence-electron chi connectivity index (χ3n) is 2.95. The maximum Gasteiger partial charge on any atom is 0.249 e. The molecule has 0 saturated carbocycles. The average molecular weight is 322 g/mol. The van der Waals surface area contributed by atoms with Crippen molar-refractivity contribution in [1.29, 1.82) is 0 Å². The van der Waals surface area contributed by atoms with Crippen molar-refractivity contribution in [2.45, 2.75) is 52.4 Å². The minimum atomic E-state index is -0.453. The van der Waals surface area contributed by atoms with E-state index in [9.17, 15) is 9.90 Å². The van der Waals surface area contributed by atoms with Crippen molar-refractivity contribution in [2.24, 2.45) is 5.73 Å². The fourth-order valence-electron chi connectivity index (χ4n) is 2.34. The number of carbonyl (C=O) groups excluding carboxylic acids is 1. The molecule has 0 aliphatic rings. The van der Waals surface area contributed by atoms with E-state index in [0.717, 1.165) is 11.1 Å². The van der Waals surface area contributed by atoms with Crippen LogP contribution >= 0.6 is 24.8 Å².